The number of aryl methyl sites for hydroxylation is 2. The van der Waals surface area contributed by atoms with Gasteiger partial charge in [-0.2, -0.15) is 0 Å². The normalized spacial score (nSPS) is 10.3. The van der Waals surface area contributed by atoms with E-state index in [-0.39, 0.29) is 18.0 Å². The zero-order chi connectivity index (χ0) is 14.5. The van der Waals surface area contributed by atoms with Crippen molar-refractivity contribution in [3.05, 3.63) is 69.6 Å². The fourth-order valence-corrected chi connectivity index (χ4v) is 2.04. The van der Waals surface area contributed by atoms with Crippen LogP contribution < -0.4 is 10.9 Å². The Kier molecular flexibility index (Phi) is 4.35. The number of hydrogen-bond donors (Lipinski definition) is 1. The Balaban J connectivity index is 1.96. The van der Waals surface area contributed by atoms with Crippen LogP contribution in [0.2, 0.25) is 0 Å². The molecule has 1 heterocycles. The van der Waals surface area contributed by atoms with Gasteiger partial charge < -0.3 is 9.88 Å². The third-order valence-electron chi connectivity index (χ3n) is 3.19. The van der Waals surface area contributed by atoms with Gasteiger partial charge in [0.05, 0.1) is 0 Å². The maximum Gasteiger partial charge on any atom is 0.250 e. The molecule has 1 N–H and O–H groups in total. The second-order valence-electron chi connectivity index (χ2n) is 4.87. The Morgan fingerprint density at radius 3 is 2.70 bits per heavy atom. The molecule has 4 nitrogen and oxygen atoms in total. The van der Waals surface area contributed by atoms with E-state index in [1.165, 1.54) is 16.2 Å². The highest BCUT2D eigenvalue weighted by atomic mass is 16.2. The number of amides is 1. The number of carbonyl (C=O) groups is 1. The van der Waals surface area contributed by atoms with Crippen LogP contribution in [0.15, 0.2) is 47.4 Å². The standard InChI is InChI=1S/C16H18N2O2/c1-12-6-7-14(13(2)9-12)10-17-15(19)11-18-8-4-3-5-16(18)20/h3-9H,10-11H2,1-2H3,(H,17,19). The van der Waals surface area contributed by atoms with E-state index in [0.717, 1.165) is 11.1 Å². The van der Waals surface area contributed by atoms with Gasteiger partial charge in [-0.15, -0.1) is 0 Å². The van der Waals surface area contributed by atoms with Gasteiger partial charge in [0, 0.05) is 18.8 Å². The van der Waals surface area contributed by atoms with E-state index in [0.29, 0.717) is 6.54 Å². The monoisotopic (exact) mass is 270 g/mol. The highest BCUT2D eigenvalue weighted by Crippen LogP contribution is 2.09. The van der Waals surface area contributed by atoms with E-state index < -0.39 is 0 Å². The third kappa shape index (κ3) is 3.57. The van der Waals surface area contributed by atoms with Gasteiger partial charge in [0.15, 0.2) is 0 Å². The molecule has 0 bridgehead atoms. The predicted molar refractivity (Wildman–Crippen MR) is 78.5 cm³/mol. The summed E-state index contributed by atoms with van der Waals surface area (Å²) in [7, 11) is 0. The van der Waals surface area contributed by atoms with E-state index in [1.807, 2.05) is 26.0 Å². The smallest absolute Gasteiger partial charge is 0.250 e. The molecule has 20 heavy (non-hydrogen) atoms. The quantitative estimate of drug-likeness (QED) is 0.920. The number of carbonyl (C=O) groups excluding carboxylic acids is 1. The second-order valence-corrected chi connectivity index (χ2v) is 4.87. The molecule has 0 aliphatic carbocycles. The summed E-state index contributed by atoms with van der Waals surface area (Å²) in [6.07, 6.45) is 1.61. The molecule has 0 saturated heterocycles. The average Bonchev–Trinajstić information content (AvgIpc) is 2.40. The fourth-order valence-electron chi connectivity index (χ4n) is 2.04. The van der Waals surface area contributed by atoms with E-state index >= 15 is 0 Å². The Bertz CT molecular complexity index is 674. The lowest BCUT2D eigenvalue weighted by Gasteiger charge is -2.09. The first kappa shape index (κ1) is 14.1. The minimum atomic E-state index is -0.172. The topological polar surface area (TPSA) is 51.1 Å². The first-order chi connectivity index (χ1) is 9.56. The highest BCUT2D eigenvalue weighted by molar-refractivity contribution is 5.75. The highest BCUT2D eigenvalue weighted by Gasteiger charge is 2.05. The van der Waals surface area contributed by atoms with Gasteiger partial charge in [0.25, 0.3) is 5.56 Å². The summed E-state index contributed by atoms with van der Waals surface area (Å²) in [6.45, 7) is 4.59. The van der Waals surface area contributed by atoms with Crippen LogP contribution in [0, 0.1) is 13.8 Å². The summed E-state index contributed by atoms with van der Waals surface area (Å²) in [5.41, 5.74) is 3.27. The molecule has 0 radical (unpaired) electrons. The van der Waals surface area contributed by atoms with Crippen molar-refractivity contribution in [2.24, 2.45) is 0 Å². The molecule has 0 aliphatic heterocycles. The van der Waals surface area contributed by atoms with Crippen LogP contribution in [0.5, 0.6) is 0 Å². The number of hydrogen-bond acceptors (Lipinski definition) is 2. The Morgan fingerprint density at radius 1 is 1.20 bits per heavy atom. The largest absolute Gasteiger partial charge is 0.350 e. The number of rotatable bonds is 4. The van der Waals surface area contributed by atoms with Crippen molar-refractivity contribution in [2.75, 3.05) is 0 Å². The number of pyridine rings is 1. The molecule has 0 unspecified atom stereocenters. The maximum absolute atomic E-state index is 11.8. The minimum Gasteiger partial charge on any atom is -0.350 e. The predicted octanol–water partition coefficient (Wildman–Crippen LogP) is 1.78. The molecule has 0 aliphatic rings. The van der Waals surface area contributed by atoms with Crippen LogP contribution >= 0.6 is 0 Å². The van der Waals surface area contributed by atoms with E-state index in [2.05, 4.69) is 11.4 Å². The van der Waals surface area contributed by atoms with Crippen molar-refractivity contribution in [1.29, 1.82) is 0 Å². The molecule has 1 aromatic carbocycles. The molecule has 2 rings (SSSR count). The maximum atomic E-state index is 11.8. The molecule has 0 fully saturated rings. The summed E-state index contributed by atoms with van der Waals surface area (Å²) >= 11 is 0. The summed E-state index contributed by atoms with van der Waals surface area (Å²) < 4.78 is 1.39. The van der Waals surface area contributed by atoms with Gasteiger partial charge in [0.1, 0.15) is 6.54 Å². The Morgan fingerprint density at radius 2 is 2.00 bits per heavy atom. The van der Waals surface area contributed by atoms with Gasteiger partial charge in [-0.25, -0.2) is 0 Å². The van der Waals surface area contributed by atoms with E-state index in [9.17, 15) is 9.59 Å². The zero-order valence-corrected chi connectivity index (χ0v) is 11.7. The van der Waals surface area contributed by atoms with Crippen molar-refractivity contribution in [2.45, 2.75) is 26.9 Å². The average molecular weight is 270 g/mol. The molecule has 104 valence electrons. The summed E-state index contributed by atoms with van der Waals surface area (Å²) in [4.78, 5) is 23.3. The van der Waals surface area contributed by atoms with Crippen LogP contribution in [0.4, 0.5) is 0 Å². The van der Waals surface area contributed by atoms with Gasteiger partial charge in [-0.05, 0) is 31.0 Å². The first-order valence-corrected chi connectivity index (χ1v) is 6.54. The number of nitrogens with zero attached hydrogens (tertiary/aromatic N) is 1. The lowest BCUT2D eigenvalue weighted by molar-refractivity contribution is -0.121. The van der Waals surface area contributed by atoms with Gasteiger partial charge in [-0.3, -0.25) is 9.59 Å². The second kappa shape index (κ2) is 6.19. The van der Waals surface area contributed by atoms with Gasteiger partial charge >= 0.3 is 0 Å². The Hall–Kier alpha value is -2.36. The van der Waals surface area contributed by atoms with Gasteiger partial charge in [-0.1, -0.05) is 29.8 Å². The molecule has 0 saturated carbocycles. The summed E-state index contributed by atoms with van der Waals surface area (Å²) in [5.74, 6) is -0.168. The van der Waals surface area contributed by atoms with Crippen LogP contribution in [0.1, 0.15) is 16.7 Å². The zero-order valence-electron chi connectivity index (χ0n) is 11.7. The fraction of sp³-hybridized carbons (Fsp3) is 0.250. The molecule has 0 atom stereocenters. The number of benzene rings is 1. The SMILES string of the molecule is Cc1ccc(CNC(=O)Cn2ccccc2=O)c(C)c1. The molecule has 2 aromatic rings. The molecule has 4 heteroatoms. The van der Waals surface area contributed by atoms with Crippen molar-refractivity contribution < 1.29 is 4.79 Å². The molecular formula is C16H18N2O2. The lowest BCUT2D eigenvalue weighted by Crippen LogP contribution is -2.31. The lowest BCUT2D eigenvalue weighted by atomic mass is 10.1. The van der Waals surface area contributed by atoms with Crippen LogP contribution in [0.3, 0.4) is 0 Å². The summed E-state index contributed by atoms with van der Waals surface area (Å²) in [6, 6.07) is 11.0. The van der Waals surface area contributed by atoms with Crippen LogP contribution in [-0.2, 0) is 17.9 Å². The molecule has 0 spiro atoms. The molecule has 1 aromatic heterocycles. The van der Waals surface area contributed by atoms with Crippen LogP contribution in [0.25, 0.3) is 0 Å². The van der Waals surface area contributed by atoms with Crippen molar-refractivity contribution in [3.8, 4) is 0 Å². The van der Waals surface area contributed by atoms with E-state index in [1.54, 1.807) is 18.3 Å². The number of aromatic nitrogens is 1. The van der Waals surface area contributed by atoms with E-state index in [4.69, 9.17) is 0 Å². The number of nitrogens with one attached hydrogen (secondary N) is 1. The Labute approximate surface area is 118 Å². The van der Waals surface area contributed by atoms with Crippen LogP contribution in [-0.4, -0.2) is 10.5 Å². The van der Waals surface area contributed by atoms with Crippen molar-refractivity contribution in [3.63, 3.8) is 0 Å². The van der Waals surface area contributed by atoms with Gasteiger partial charge in [0.2, 0.25) is 5.91 Å². The molecule has 1 amide bonds. The summed E-state index contributed by atoms with van der Waals surface area (Å²) in [5, 5.41) is 2.84. The third-order valence-corrected chi connectivity index (χ3v) is 3.19. The van der Waals surface area contributed by atoms with Crippen molar-refractivity contribution >= 4 is 5.91 Å². The molecular weight excluding hydrogens is 252 g/mol. The minimum absolute atomic E-state index is 0.0462. The van der Waals surface area contributed by atoms with Crippen molar-refractivity contribution in [1.82, 2.24) is 9.88 Å². The first-order valence-electron chi connectivity index (χ1n) is 6.54.